The van der Waals surface area contributed by atoms with Crippen molar-refractivity contribution >= 4 is 23.2 Å². The molecule has 8 aliphatic carbocycles. The monoisotopic (exact) mass is 598 g/mol. The molecular weight excluding hydrogens is 583 g/mol. The summed E-state index contributed by atoms with van der Waals surface area (Å²) in [5.41, 5.74) is -5.80. The van der Waals surface area contributed by atoms with Crippen LogP contribution in [0.25, 0.3) is 0 Å². The second-order valence-electron chi connectivity index (χ2n) is 12.0. The number of halogens is 10. The van der Waals surface area contributed by atoms with Gasteiger partial charge < -0.3 is 0 Å². The van der Waals surface area contributed by atoms with Crippen molar-refractivity contribution in [1.82, 2.24) is 0 Å². The fourth-order valence-corrected chi connectivity index (χ4v) is 10.9. The summed E-state index contributed by atoms with van der Waals surface area (Å²) in [6.45, 7) is 0. The highest BCUT2D eigenvalue weighted by Crippen LogP contribution is 2.82. The van der Waals surface area contributed by atoms with Gasteiger partial charge in [0.25, 0.3) is 0 Å². The van der Waals surface area contributed by atoms with Gasteiger partial charge in [-0.3, -0.25) is 0 Å². The number of fused-ring (bicyclic) bond motifs is 1. The highest BCUT2D eigenvalue weighted by molar-refractivity contribution is 6.38. The Bertz CT molecular complexity index is 1620. The van der Waals surface area contributed by atoms with Crippen molar-refractivity contribution in [2.75, 3.05) is 0 Å². The van der Waals surface area contributed by atoms with Gasteiger partial charge in [0.2, 0.25) is 0 Å². The largest absolute Gasteiger partial charge is 0.340 e. The van der Waals surface area contributed by atoms with E-state index < -0.39 is 102 Å². The summed E-state index contributed by atoms with van der Waals surface area (Å²) < 4.78 is 130. The normalized spacial score (nSPS) is 38.0. The molecule has 3 aromatic rings. The van der Waals surface area contributed by atoms with Crippen molar-refractivity contribution in [1.29, 1.82) is 0 Å². The molecule has 10 heteroatoms. The number of alkyl halides is 10. The highest BCUT2D eigenvalue weighted by Gasteiger charge is 2.80. The topological polar surface area (TPSA) is 0 Å². The van der Waals surface area contributed by atoms with Crippen molar-refractivity contribution in [3.63, 3.8) is 0 Å². The van der Waals surface area contributed by atoms with E-state index in [1.807, 2.05) is 0 Å². The number of benzene rings is 3. The van der Waals surface area contributed by atoms with E-state index in [1.54, 1.807) is 24.3 Å². The molecule has 0 amide bonds. The Morgan fingerprint density at radius 1 is 0.475 bits per heavy atom. The summed E-state index contributed by atoms with van der Waals surface area (Å²) in [5.74, 6) is -24.4. The lowest BCUT2D eigenvalue weighted by molar-refractivity contribution is -0.228. The highest BCUT2D eigenvalue weighted by atomic mass is 35.5. The summed E-state index contributed by atoms with van der Waals surface area (Å²) >= 11 is 15.2. The maximum Gasteiger partial charge on any atom is 0.340 e. The zero-order chi connectivity index (χ0) is 28.2. The summed E-state index contributed by atoms with van der Waals surface area (Å²) in [5, 5.41) is 0. The van der Waals surface area contributed by atoms with Crippen LogP contribution in [0.3, 0.4) is 0 Å². The molecular formula is C30H16Cl2F8. The van der Waals surface area contributed by atoms with Crippen LogP contribution in [0.4, 0.5) is 35.1 Å². The Hall–Kier alpha value is -2.32. The third-order valence-electron chi connectivity index (χ3n) is 10.8. The maximum atomic E-state index is 16.3. The first-order chi connectivity index (χ1) is 18.7. The van der Waals surface area contributed by atoms with Crippen LogP contribution in [0.1, 0.15) is 92.1 Å². The number of hydrogen-bond acceptors (Lipinski definition) is 0. The minimum absolute atomic E-state index is 0.117. The summed E-state index contributed by atoms with van der Waals surface area (Å²) in [7, 11) is 0. The predicted molar refractivity (Wildman–Crippen MR) is 130 cm³/mol. The van der Waals surface area contributed by atoms with Gasteiger partial charge in [0.1, 0.15) is 0 Å². The molecule has 0 aromatic heterocycles. The van der Waals surface area contributed by atoms with Crippen LogP contribution in [0.2, 0.25) is 0 Å². The van der Waals surface area contributed by atoms with E-state index in [4.69, 9.17) is 23.2 Å². The van der Waals surface area contributed by atoms with Crippen LogP contribution in [-0.4, -0.2) is 9.75 Å². The van der Waals surface area contributed by atoms with Crippen molar-refractivity contribution in [2.45, 2.75) is 70.0 Å². The van der Waals surface area contributed by atoms with Crippen molar-refractivity contribution in [2.24, 2.45) is 0 Å². The van der Waals surface area contributed by atoms with E-state index >= 15 is 35.1 Å². The van der Waals surface area contributed by atoms with E-state index in [0.717, 1.165) is 0 Å². The minimum Gasteiger partial charge on any atom is -0.194 e. The van der Waals surface area contributed by atoms with E-state index in [0.29, 0.717) is 35.4 Å². The van der Waals surface area contributed by atoms with E-state index in [9.17, 15) is 0 Å². The molecule has 11 rings (SSSR count). The van der Waals surface area contributed by atoms with Crippen LogP contribution in [0, 0.1) is 0 Å². The molecule has 1 fully saturated rings. The third-order valence-corrected chi connectivity index (χ3v) is 12.5. The van der Waals surface area contributed by atoms with Gasteiger partial charge in [-0.2, -0.15) is 35.1 Å². The van der Waals surface area contributed by atoms with Crippen molar-refractivity contribution in [3.05, 3.63) is 104 Å². The second kappa shape index (κ2) is 6.36. The first kappa shape index (κ1) is 24.3. The molecule has 0 radical (unpaired) electrons. The summed E-state index contributed by atoms with van der Waals surface area (Å²) in [6, 6.07) is 8.39. The van der Waals surface area contributed by atoms with Gasteiger partial charge in [0.15, 0.2) is 0 Å². The second-order valence-corrected chi connectivity index (χ2v) is 13.2. The fourth-order valence-electron chi connectivity index (χ4n) is 9.48. The van der Waals surface area contributed by atoms with E-state index in [-0.39, 0.29) is 12.8 Å². The SMILES string of the molecule is FC1(F)c2ccc3c4c2[C@@H]2c5ccccc5[C@H]4[C@]4(Cl)[C@H]5CC[C@H](c6c(ccc(c65)C(F)(F)C3(F)F)C1(F)F)[C@]24Cl. The van der Waals surface area contributed by atoms with Crippen LogP contribution < -0.4 is 0 Å². The number of hydrogen-bond donors (Lipinski definition) is 0. The molecule has 40 heavy (non-hydrogen) atoms. The van der Waals surface area contributed by atoms with Crippen LogP contribution in [-0.2, 0) is 23.7 Å². The first-order valence-electron chi connectivity index (χ1n) is 13.0. The van der Waals surface area contributed by atoms with Gasteiger partial charge >= 0.3 is 23.7 Å². The Balaban J connectivity index is 1.65. The maximum absolute atomic E-state index is 16.3. The van der Waals surface area contributed by atoms with Gasteiger partial charge in [0.05, 0.1) is 9.75 Å². The molecule has 8 aliphatic rings. The third kappa shape index (κ3) is 1.99. The molecule has 0 aliphatic heterocycles. The van der Waals surface area contributed by atoms with Gasteiger partial charge in [-0.15, -0.1) is 23.2 Å². The standard InChI is InChI=1S/C30H16Cl2F8/c31-25-13-5-6-14-20-16-8-7-15(19(13)20)27(33,34)29(37,38)17-9-10-18(30(39,40)28(16,35)36)22-21(17)23(25)11-3-1-2-4-12(11)24(22)26(14,25)32/h1-4,7-10,13-14,23-24H,5-6H2/t13-,14+,23+,24-,25+,26-. The molecule has 206 valence electrons. The lowest BCUT2D eigenvalue weighted by atomic mass is 9.40. The molecule has 0 heterocycles. The van der Waals surface area contributed by atoms with Gasteiger partial charge in [-0.25, -0.2) is 0 Å². The van der Waals surface area contributed by atoms with Crippen LogP contribution in [0.5, 0.6) is 0 Å². The zero-order valence-corrected chi connectivity index (χ0v) is 21.6. The van der Waals surface area contributed by atoms with Crippen LogP contribution in [0.15, 0.2) is 48.5 Å². The quantitative estimate of drug-likeness (QED) is 0.179. The summed E-state index contributed by atoms with van der Waals surface area (Å²) in [4.78, 5) is -3.44. The molecule has 0 nitrogen and oxygen atoms in total. The van der Waals surface area contributed by atoms with Crippen LogP contribution >= 0.6 is 23.2 Å². The Labute approximate surface area is 232 Å². The van der Waals surface area contributed by atoms with Gasteiger partial charge in [-0.1, -0.05) is 48.5 Å². The smallest absolute Gasteiger partial charge is 0.194 e. The molecule has 0 N–H and O–H groups in total. The predicted octanol–water partition coefficient (Wildman–Crippen LogP) is 9.30. The lowest BCUT2D eigenvalue weighted by Crippen LogP contribution is -2.69. The molecule has 0 saturated heterocycles. The number of rotatable bonds is 0. The Morgan fingerprint density at radius 3 is 1.10 bits per heavy atom. The molecule has 1 saturated carbocycles. The van der Waals surface area contributed by atoms with Gasteiger partial charge in [-0.05, 0) is 46.2 Å². The lowest BCUT2D eigenvalue weighted by Gasteiger charge is -2.69. The molecule has 0 unspecified atom stereocenters. The van der Waals surface area contributed by atoms with Crippen molar-refractivity contribution in [3.8, 4) is 0 Å². The zero-order valence-electron chi connectivity index (χ0n) is 20.1. The fraction of sp³-hybridized carbons (Fsp3) is 0.400. The van der Waals surface area contributed by atoms with Gasteiger partial charge in [0, 0.05) is 45.9 Å². The van der Waals surface area contributed by atoms with Crippen molar-refractivity contribution < 1.29 is 35.1 Å². The average Bonchev–Trinajstić information content (AvgIpc) is 2.93. The minimum atomic E-state index is -4.87. The van der Waals surface area contributed by atoms with E-state index in [1.165, 1.54) is 0 Å². The molecule has 10 bridgehead atoms. The Morgan fingerprint density at radius 2 is 0.775 bits per heavy atom. The first-order valence-corrected chi connectivity index (χ1v) is 13.7. The van der Waals surface area contributed by atoms with E-state index in [2.05, 4.69) is 0 Å². The average molecular weight is 599 g/mol. The molecule has 6 atom stereocenters. The molecule has 0 spiro atoms. The summed E-state index contributed by atoms with van der Waals surface area (Å²) in [6.07, 6.45) is 0.233. The molecule has 3 aromatic carbocycles. The Kier molecular flexibility index (Phi) is 3.86.